The van der Waals surface area contributed by atoms with Crippen molar-refractivity contribution in [3.63, 3.8) is 0 Å². The number of hydrogen-bond acceptors (Lipinski definition) is 3. The average molecular weight is 292 g/mol. The van der Waals surface area contributed by atoms with Crippen LogP contribution >= 0.6 is 0 Å². The highest BCUT2D eigenvalue weighted by Gasteiger charge is 2.19. The zero-order valence-electron chi connectivity index (χ0n) is 12.5. The molecule has 1 fully saturated rings. The van der Waals surface area contributed by atoms with Crippen molar-refractivity contribution in [3.8, 4) is 5.75 Å². The first-order valence-electron chi connectivity index (χ1n) is 7.17. The third-order valence-electron chi connectivity index (χ3n) is 3.52. The highest BCUT2D eigenvalue weighted by Crippen LogP contribution is 2.27. The Bertz CT molecular complexity index is 525. The Morgan fingerprint density at radius 1 is 1.24 bits per heavy atom. The molecular formula is C15H22N3O3+. The van der Waals surface area contributed by atoms with Gasteiger partial charge in [-0.3, -0.25) is 9.59 Å². The molecule has 1 heterocycles. The van der Waals surface area contributed by atoms with Crippen LogP contribution in [0.25, 0.3) is 0 Å². The van der Waals surface area contributed by atoms with Gasteiger partial charge in [0.2, 0.25) is 5.91 Å². The van der Waals surface area contributed by atoms with Crippen LogP contribution in [-0.2, 0) is 9.59 Å². The summed E-state index contributed by atoms with van der Waals surface area (Å²) in [6.45, 7) is 4.01. The summed E-state index contributed by atoms with van der Waals surface area (Å²) in [4.78, 5) is 24.5. The van der Waals surface area contributed by atoms with Gasteiger partial charge in [0.15, 0.2) is 6.54 Å². The number of rotatable bonds is 5. The van der Waals surface area contributed by atoms with Gasteiger partial charge in [-0.2, -0.15) is 0 Å². The van der Waals surface area contributed by atoms with Gasteiger partial charge in [-0.15, -0.1) is 0 Å². The number of carbonyl (C=O) groups is 2. The Hall–Kier alpha value is -2.08. The predicted molar refractivity (Wildman–Crippen MR) is 80.7 cm³/mol. The second-order valence-electron chi connectivity index (χ2n) is 5.28. The zero-order valence-corrected chi connectivity index (χ0v) is 12.5. The van der Waals surface area contributed by atoms with E-state index >= 15 is 0 Å². The summed E-state index contributed by atoms with van der Waals surface area (Å²) in [5.41, 5.74) is 1.21. The fourth-order valence-electron chi connectivity index (χ4n) is 2.56. The molecule has 3 N–H and O–H groups in total. The van der Waals surface area contributed by atoms with E-state index in [0.29, 0.717) is 23.7 Å². The molecule has 1 aliphatic heterocycles. The molecule has 0 atom stereocenters. The zero-order chi connectivity index (χ0) is 15.2. The number of methoxy groups -OCH3 is 1. The van der Waals surface area contributed by atoms with Crippen molar-refractivity contribution in [3.05, 3.63) is 18.2 Å². The third kappa shape index (κ3) is 4.46. The number of amides is 2. The number of nitrogens with one attached hydrogen (secondary N) is 3. The van der Waals surface area contributed by atoms with Gasteiger partial charge in [-0.05, 0) is 18.2 Å². The molecule has 0 aliphatic carbocycles. The van der Waals surface area contributed by atoms with E-state index in [1.807, 2.05) is 0 Å². The highest BCUT2D eigenvalue weighted by atomic mass is 16.5. The molecule has 1 aliphatic rings. The van der Waals surface area contributed by atoms with Crippen molar-refractivity contribution >= 4 is 23.2 Å². The van der Waals surface area contributed by atoms with Gasteiger partial charge in [0.05, 0.1) is 25.9 Å². The van der Waals surface area contributed by atoms with E-state index in [2.05, 4.69) is 10.6 Å². The van der Waals surface area contributed by atoms with Crippen LogP contribution in [0.5, 0.6) is 5.75 Å². The first kappa shape index (κ1) is 15.3. The van der Waals surface area contributed by atoms with Crippen LogP contribution in [-0.4, -0.2) is 38.6 Å². The van der Waals surface area contributed by atoms with Crippen LogP contribution in [0.2, 0.25) is 0 Å². The Balaban J connectivity index is 2.05. The van der Waals surface area contributed by atoms with E-state index < -0.39 is 0 Å². The summed E-state index contributed by atoms with van der Waals surface area (Å²) in [7, 11) is 1.55. The lowest BCUT2D eigenvalue weighted by molar-refractivity contribution is -0.878. The van der Waals surface area contributed by atoms with E-state index in [-0.39, 0.29) is 11.8 Å². The van der Waals surface area contributed by atoms with Crippen molar-refractivity contribution in [1.82, 2.24) is 0 Å². The second kappa shape index (κ2) is 7.08. The maximum atomic E-state index is 12.1. The van der Waals surface area contributed by atoms with Crippen molar-refractivity contribution < 1.29 is 19.2 Å². The molecule has 0 saturated carbocycles. The van der Waals surface area contributed by atoms with Crippen LogP contribution in [0.3, 0.4) is 0 Å². The Kier molecular flexibility index (Phi) is 5.16. The van der Waals surface area contributed by atoms with E-state index in [1.54, 1.807) is 25.3 Å². The molecule has 0 unspecified atom stereocenters. The van der Waals surface area contributed by atoms with E-state index in [4.69, 9.17) is 4.74 Å². The van der Waals surface area contributed by atoms with Crippen LogP contribution in [0.4, 0.5) is 11.4 Å². The summed E-state index contributed by atoms with van der Waals surface area (Å²) >= 11 is 0. The second-order valence-corrected chi connectivity index (χ2v) is 5.28. The fraction of sp³-hybridized carbons (Fsp3) is 0.467. The van der Waals surface area contributed by atoms with Crippen LogP contribution in [0.15, 0.2) is 18.2 Å². The smallest absolute Gasteiger partial charge is 0.279 e. The number of hydrogen-bond donors (Lipinski definition) is 3. The monoisotopic (exact) mass is 292 g/mol. The standard InChI is InChI=1S/C15H21N3O3/c1-11(19)16-12-5-6-14(21-2)13(9-12)17-15(20)10-18-7-3-4-8-18/h5-6,9H,3-4,7-8,10H2,1-2H3,(H,16,19)(H,17,20)/p+1. The molecular weight excluding hydrogens is 270 g/mol. The van der Waals surface area contributed by atoms with Crippen LogP contribution < -0.4 is 20.3 Å². The molecule has 0 aromatic heterocycles. The fourth-order valence-corrected chi connectivity index (χ4v) is 2.56. The summed E-state index contributed by atoms with van der Waals surface area (Å²) in [6.07, 6.45) is 2.37. The van der Waals surface area contributed by atoms with Crippen LogP contribution in [0.1, 0.15) is 19.8 Å². The molecule has 6 heteroatoms. The summed E-state index contributed by atoms with van der Waals surface area (Å²) in [5, 5.41) is 5.56. The molecule has 6 nitrogen and oxygen atoms in total. The molecule has 1 aromatic carbocycles. The Morgan fingerprint density at radius 2 is 1.95 bits per heavy atom. The average Bonchev–Trinajstić information content (AvgIpc) is 2.91. The van der Waals surface area contributed by atoms with E-state index in [9.17, 15) is 9.59 Å². The molecule has 0 radical (unpaired) electrons. The minimum atomic E-state index is -0.154. The summed E-state index contributed by atoms with van der Waals surface area (Å²) < 4.78 is 5.24. The maximum Gasteiger partial charge on any atom is 0.279 e. The lowest BCUT2D eigenvalue weighted by Crippen LogP contribution is -3.11. The number of likely N-dealkylation sites (tertiary alicyclic amines) is 1. The summed E-state index contributed by atoms with van der Waals surface area (Å²) in [6, 6.07) is 5.17. The largest absolute Gasteiger partial charge is 0.495 e. The number of ether oxygens (including phenoxy) is 1. The van der Waals surface area contributed by atoms with E-state index in [0.717, 1.165) is 13.1 Å². The first-order chi connectivity index (χ1) is 10.1. The van der Waals surface area contributed by atoms with Crippen LogP contribution in [0, 0.1) is 0 Å². The lowest BCUT2D eigenvalue weighted by atomic mass is 10.2. The quantitative estimate of drug-likeness (QED) is 0.729. The van der Waals surface area contributed by atoms with Gasteiger partial charge in [0, 0.05) is 25.5 Å². The SMILES string of the molecule is COc1ccc(NC(C)=O)cc1NC(=O)C[NH+]1CCCC1. The topological polar surface area (TPSA) is 71.9 Å². The van der Waals surface area contributed by atoms with Gasteiger partial charge < -0.3 is 20.3 Å². The Labute approximate surface area is 124 Å². The normalized spacial score (nSPS) is 14.8. The van der Waals surface area contributed by atoms with Gasteiger partial charge in [-0.1, -0.05) is 0 Å². The molecule has 114 valence electrons. The molecule has 0 bridgehead atoms. The number of anilines is 2. The van der Waals surface area contributed by atoms with Gasteiger partial charge >= 0.3 is 0 Å². The maximum absolute atomic E-state index is 12.1. The molecule has 1 saturated heterocycles. The highest BCUT2D eigenvalue weighted by molar-refractivity contribution is 5.95. The number of carbonyl (C=O) groups excluding carboxylic acids is 2. The molecule has 2 amide bonds. The van der Waals surface area contributed by atoms with Crippen molar-refractivity contribution in [1.29, 1.82) is 0 Å². The van der Waals surface area contributed by atoms with Gasteiger partial charge in [0.25, 0.3) is 5.91 Å². The third-order valence-corrected chi connectivity index (χ3v) is 3.52. The molecule has 0 spiro atoms. The first-order valence-corrected chi connectivity index (χ1v) is 7.17. The minimum Gasteiger partial charge on any atom is -0.495 e. The predicted octanol–water partition coefficient (Wildman–Crippen LogP) is 0.271. The lowest BCUT2D eigenvalue weighted by Gasteiger charge is -2.14. The Morgan fingerprint density at radius 3 is 2.57 bits per heavy atom. The molecule has 21 heavy (non-hydrogen) atoms. The van der Waals surface area contributed by atoms with Crippen molar-refractivity contribution in [2.75, 3.05) is 37.4 Å². The van der Waals surface area contributed by atoms with Gasteiger partial charge in [0.1, 0.15) is 5.75 Å². The van der Waals surface area contributed by atoms with E-state index in [1.165, 1.54) is 24.7 Å². The summed E-state index contributed by atoms with van der Waals surface area (Å²) in [5.74, 6) is 0.387. The van der Waals surface area contributed by atoms with Crippen molar-refractivity contribution in [2.24, 2.45) is 0 Å². The molecule has 2 rings (SSSR count). The molecule has 1 aromatic rings. The van der Waals surface area contributed by atoms with Gasteiger partial charge in [-0.25, -0.2) is 0 Å². The number of benzene rings is 1. The van der Waals surface area contributed by atoms with Crippen molar-refractivity contribution in [2.45, 2.75) is 19.8 Å². The number of quaternary nitrogens is 1. The minimum absolute atomic E-state index is 0.0369.